The molecule has 0 aliphatic heterocycles. The highest BCUT2D eigenvalue weighted by atomic mass is 16.2. The molecule has 0 atom stereocenters. The Morgan fingerprint density at radius 3 is 2.61 bits per heavy atom. The van der Waals surface area contributed by atoms with Crippen LogP contribution in [-0.2, 0) is 16.0 Å². The highest BCUT2D eigenvalue weighted by Gasteiger charge is 2.31. The molecule has 152 valence electrons. The summed E-state index contributed by atoms with van der Waals surface area (Å²) in [6.07, 6.45) is 8.30. The largest absolute Gasteiger partial charge is 0.361 e. The minimum atomic E-state index is 0.0490. The van der Waals surface area contributed by atoms with Crippen molar-refractivity contribution in [3.8, 4) is 0 Å². The Balaban J connectivity index is 1.41. The van der Waals surface area contributed by atoms with Gasteiger partial charge in [-0.2, -0.15) is 0 Å². The van der Waals surface area contributed by atoms with Gasteiger partial charge in [0.1, 0.15) is 0 Å². The van der Waals surface area contributed by atoms with Crippen molar-refractivity contribution >= 4 is 22.7 Å². The number of carbonyl (C=O) groups excluding carboxylic acids is 2. The van der Waals surface area contributed by atoms with Crippen LogP contribution in [0.5, 0.6) is 0 Å². The van der Waals surface area contributed by atoms with E-state index >= 15 is 0 Å². The van der Waals surface area contributed by atoms with Crippen molar-refractivity contribution in [3.63, 3.8) is 0 Å². The average Bonchev–Trinajstić information content (AvgIpc) is 3.14. The lowest BCUT2D eigenvalue weighted by Gasteiger charge is -2.30. The number of hydrogen-bond acceptors (Lipinski definition) is 2. The van der Waals surface area contributed by atoms with Crippen LogP contribution in [0.15, 0.2) is 30.5 Å². The number of aromatic amines is 1. The average molecular weight is 384 g/mol. The Morgan fingerprint density at radius 1 is 1.14 bits per heavy atom. The van der Waals surface area contributed by atoms with Crippen molar-refractivity contribution in [3.05, 3.63) is 36.0 Å². The summed E-state index contributed by atoms with van der Waals surface area (Å²) < 4.78 is 0. The smallest absolute Gasteiger partial charge is 0.225 e. The molecular formula is C23H33N3O2. The number of nitrogens with zero attached hydrogens (tertiary/aromatic N) is 1. The van der Waals surface area contributed by atoms with E-state index in [9.17, 15) is 9.59 Å². The van der Waals surface area contributed by atoms with Gasteiger partial charge in [-0.25, -0.2) is 0 Å². The maximum absolute atomic E-state index is 12.5. The number of hydrogen-bond donors (Lipinski definition) is 2. The Bertz CT molecular complexity index is 790. The van der Waals surface area contributed by atoms with Crippen LogP contribution in [0.4, 0.5) is 0 Å². The highest BCUT2D eigenvalue weighted by molar-refractivity contribution is 5.83. The van der Waals surface area contributed by atoms with Gasteiger partial charge < -0.3 is 15.2 Å². The zero-order valence-corrected chi connectivity index (χ0v) is 17.2. The number of fused-ring (bicyclic) bond motifs is 1. The van der Waals surface area contributed by atoms with Crippen molar-refractivity contribution in [2.24, 2.45) is 11.8 Å². The van der Waals surface area contributed by atoms with E-state index in [4.69, 9.17) is 0 Å². The van der Waals surface area contributed by atoms with Gasteiger partial charge in [0, 0.05) is 49.1 Å². The molecule has 1 aliphatic rings. The minimum Gasteiger partial charge on any atom is -0.361 e. The van der Waals surface area contributed by atoms with Gasteiger partial charge in [-0.3, -0.25) is 9.59 Å². The van der Waals surface area contributed by atoms with Crippen LogP contribution in [-0.4, -0.2) is 41.8 Å². The standard InChI is InChI=1S/C23H33N3O2/c1-3-4-15-26(2)23(28)18-11-9-17(10-12-18)22(27)24-14-13-19-16-25-21-8-6-5-7-20(19)21/h5-8,16-18,25H,3-4,9-15H2,1-2H3,(H,24,27). The number of rotatable bonds is 8. The number of aromatic nitrogens is 1. The van der Waals surface area contributed by atoms with E-state index in [1.54, 1.807) is 0 Å². The van der Waals surface area contributed by atoms with E-state index in [1.165, 1.54) is 10.9 Å². The summed E-state index contributed by atoms with van der Waals surface area (Å²) in [5.74, 6) is 0.543. The number of nitrogens with one attached hydrogen (secondary N) is 2. The molecule has 5 nitrogen and oxygen atoms in total. The van der Waals surface area contributed by atoms with Crippen molar-refractivity contribution in [1.82, 2.24) is 15.2 Å². The first-order chi connectivity index (χ1) is 13.6. The number of unbranched alkanes of at least 4 members (excludes halogenated alkanes) is 1. The van der Waals surface area contributed by atoms with E-state index in [0.29, 0.717) is 6.54 Å². The van der Waals surface area contributed by atoms with E-state index in [1.807, 2.05) is 30.3 Å². The van der Waals surface area contributed by atoms with Crippen LogP contribution in [0.1, 0.15) is 51.0 Å². The Morgan fingerprint density at radius 2 is 1.86 bits per heavy atom. The molecule has 28 heavy (non-hydrogen) atoms. The second kappa shape index (κ2) is 9.76. The summed E-state index contributed by atoms with van der Waals surface area (Å²) in [6, 6.07) is 8.24. The number of carbonyl (C=O) groups is 2. The Hall–Kier alpha value is -2.30. The zero-order valence-electron chi connectivity index (χ0n) is 17.2. The molecule has 1 fully saturated rings. The predicted molar refractivity (Wildman–Crippen MR) is 113 cm³/mol. The Labute approximate surface area is 167 Å². The monoisotopic (exact) mass is 383 g/mol. The topological polar surface area (TPSA) is 65.2 Å². The molecule has 1 saturated carbocycles. The second-order valence-corrected chi connectivity index (χ2v) is 8.06. The van der Waals surface area contributed by atoms with Gasteiger partial charge in [-0.05, 0) is 50.2 Å². The van der Waals surface area contributed by atoms with Crippen LogP contribution < -0.4 is 5.32 Å². The molecule has 1 aromatic carbocycles. The predicted octanol–water partition coefficient (Wildman–Crippen LogP) is 3.89. The summed E-state index contributed by atoms with van der Waals surface area (Å²) in [5, 5.41) is 4.33. The van der Waals surface area contributed by atoms with Crippen LogP contribution >= 0.6 is 0 Å². The van der Waals surface area contributed by atoms with Crippen molar-refractivity contribution in [1.29, 1.82) is 0 Å². The summed E-state index contributed by atoms with van der Waals surface area (Å²) in [4.78, 5) is 30.2. The number of H-pyrrole nitrogens is 1. The minimum absolute atomic E-state index is 0.0490. The molecule has 0 unspecified atom stereocenters. The van der Waals surface area contributed by atoms with Crippen LogP contribution in [0.3, 0.4) is 0 Å². The van der Waals surface area contributed by atoms with Crippen molar-refractivity contribution in [2.75, 3.05) is 20.1 Å². The number of amides is 2. The molecule has 5 heteroatoms. The summed E-state index contributed by atoms with van der Waals surface area (Å²) >= 11 is 0. The number of benzene rings is 1. The van der Waals surface area contributed by atoms with Crippen molar-refractivity contribution < 1.29 is 9.59 Å². The molecule has 3 rings (SSSR count). The fourth-order valence-electron chi connectivity index (χ4n) is 4.22. The van der Waals surface area contributed by atoms with E-state index in [2.05, 4.69) is 29.4 Å². The first-order valence-electron chi connectivity index (χ1n) is 10.7. The van der Waals surface area contributed by atoms with Crippen molar-refractivity contribution in [2.45, 2.75) is 51.9 Å². The summed E-state index contributed by atoms with van der Waals surface area (Å²) in [6.45, 7) is 3.63. The van der Waals surface area contributed by atoms with Gasteiger partial charge >= 0.3 is 0 Å². The first kappa shape index (κ1) is 20.4. The van der Waals surface area contributed by atoms with E-state index < -0.39 is 0 Å². The van der Waals surface area contributed by atoms with Gasteiger partial charge in [-0.1, -0.05) is 31.5 Å². The van der Waals surface area contributed by atoms with Gasteiger partial charge in [-0.15, -0.1) is 0 Å². The van der Waals surface area contributed by atoms with Crippen LogP contribution in [0, 0.1) is 11.8 Å². The molecule has 0 saturated heterocycles. The molecule has 0 bridgehead atoms. The fourth-order valence-corrected chi connectivity index (χ4v) is 4.22. The lowest BCUT2D eigenvalue weighted by molar-refractivity contribution is -0.137. The van der Waals surface area contributed by atoms with Gasteiger partial charge in [0.15, 0.2) is 0 Å². The third kappa shape index (κ3) is 4.94. The zero-order chi connectivity index (χ0) is 19.9. The van der Waals surface area contributed by atoms with Gasteiger partial charge in [0.25, 0.3) is 0 Å². The fraction of sp³-hybridized carbons (Fsp3) is 0.565. The van der Waals surface area contributed by atoms with Crippen LogP contribution in [0.2, 0.25) is 0 Å². The SMILES string of the molecule is CCCCN(C)C(=O)C1CCC(C(=O)NCCc2c[nH]c3ccccc23)CC1. The Kier molecular flexibility index (Phi) is 7.12. The second-order valence-electron chi connectivity index (χ2n) is 8.06. The maximum Gasteiger partial charge on any atom is 0.225 e. The molecule has 1 heterocycles. The van der Waals surface area contributed by atoms with Gasteiger partial charge in [0.05, 0.1) is 0 Å². The number of para-hydroxylation sites is 1. The van der Waals surface area contributed by atoms with Gasteiger partial charge in [0.2, 0.25) is 11.8 Å². The maximum atomic E-state index is 12.5. The molecule has 2 aromatic rings. The normalized spacial score (nSPS) is 19.5. The lowest BCUT2D eigenvalue weighted by Crippen LogP contribution is -2.39. The quantitative estimate of drug-likeness (QED) is 0.726. The first-order valence-corrected chi connectivity index (χ1v) is 10.7. The summed E-state index contributed by atoms with van der Waals surface area (Å²) in [7, 11) is 1.90. The van der Waals surface area contributed by atoms with E-state index in [0.717, 1.165) is 57.0 Å². The highest BCUT2D eigenvalue weighted by Crippen LogP contribution is 2.30. The van der Waals surface area contributed by atoms with E-state index in [-0.39, 0.29) is 23.7 Å². The third-order valence-corrected chi connectivity index (χ3v) is 6.04. The molecule has 1 aromatic heterocycles. The molecule has 2 amide bonds. The third-order valence-electron chi connectivity index (χ3n) is 6.04. The molecule has 0 radical (unpaired) electrons. The summed E-state index contributed by atoms with van der Waals surface area (Å²) in [5.41, 5.74) is 2.37. The molecular weight excluding hydrogens is 350 g/mol. The lowest BCUT2D eigenvalue weighted by atomic mass is 9.81. The molecule has 1 aliphatic carbocycles. The molecule has 0 spiro atoms. The molecule has 2 N–H and O–H groups in total. The van der Waals surface area contributed by atoms with Crippen LogP contribution in [0.25, 0.3) is 10.9 Å².